The number of hydrogen-bond donors (Lipinski definition) is 2. The summed E-state index contributed by atoms with van der Waals surface area (Å²) in [6, 6.07) is 3.85. The van der Waals surface area contributed by atoms with Gasteiger partial charge in [-0.3, -0.25) is 9.52 Å². The maximum absolute atomic E-state index is 14.3. The summed E-state index contributed by atoms with van der Waals surface area (Å²) in [7, 11) is -3.16. The van der Waals surface area contributed by atoms with Gasteiger partial charge in [-0.05, 0) is 51.3 Å². The lowest BCUT2D eigenvalue weighted by molar-refractivity contribution is -0.00835. The first-order valence-electron chi connectivity index (χ1n) is 15.4. The number of likely N-dealkylation sites (N-methyl/N-ethyl adjacent to an activating group) is 1. The molecule has 0 aliphatic carbocycles. The van der Waals surface area contributed by atoms with Gasteiger partial charge in [-0.15, -0.1) is 0 Å². The lowest BCUT2D eigenvalue weighted by Gasteiger charge is -2.35. The van der Waals surface area contributed by atoms with Gasteiger partial charge in [-0.1, -0.05) is 6.92 Å². The Kier molecular flexibility index (Phi) is 11.7. The summed E-state index contributed by atoms with van der Waals surface area (Å²) in [4.78, 5) is 23.7. The second-order valence-corrected chi connectivity index (χ2v) is 15.8. The van der Waals surface area contributed by atoms with Crippen LogP contribution < -0.4 is 9.46 Å². The predicted molar refractivity (Wildman–Crippen MR) is 174 cm³/mol. The number of fused-ring (bicyclic) bond motifs is 1. The number of sulfonamides is 2. The van der Waals surface area contributed by atoms with E-state index in [1.165, 1.54) is 58.0 Å². The minimum absolute atomic E-state index is 0.00512. The van der Waals surface area contributed by atoms with E-state index in [0.717, 1.165) is 6.42 Å². The molecule has 0 saturated heterocycles. The molecule has 0 unspecified atom stereocenters. The largest absolute Gasteiger partial charge is 0.490 e. The van der Waals surface area contributed by atoms with Gasteiger partial charge in [-0.2, -0.15) is 12.7 Å². The number of aliphatic hydroxyl groups is 1. The Morgan fingerprint density at radius 1 is 1.06 bits per heavy atom. The van der Waals surface area contributed by atoms with Crippen molar-refractivity contribution >= 4 is 31.6 Å². The molecular weight excluding hydrogens is 651 g/mol. The molecule has 2 N–H and O–H groups in total. The van der Waals surface area contributed by atoms with Crippen LogP contribution >= 0.6 is 0 Å². The summed E-state index contributed by atoms with van der Waals surface area (Å²) in [5.74, 6) is -0.603. The van der Waals surface area contributed by atoms with Crippen LogP contribution in [0.25, 0.3) is 0 Å². The SMILES string of the molecule is C[C@@H]1CCCCO[C@H](CN(C)S(=O)(=O)c2cn(C)cn2)[C@H](C)CN([C@@H](C)CO)C(=O)c2cc(NS(=O)(=O)c3cn(C)cn3)ccc2O1. The molecule has 0 radical (unpaired) electrons. The van der Waals surface area contributed by atoms with E-state index in [1.807, 2.05) is 13.8 Å². The Bertz CT molecular complexity index is 1740. The van der Waals surface area contributed by atoms with E-state index in [9.17, 15) is 26.7 Å². The third-order valence-corrected chi connectivity index (χ3v) is 11.0. The maximum atomic E-state index is 14.3. The van der Waals surface area contributed by atoms with Gasteiger partial charge in [-0.25, -0.2) is 18.4 Å². The molecule has 4 rings (SSSR count). The number of rotatable bonds is 9. The summed E-state index contributed by atoms with van der Waals surface area (Å²) < 4.78 is 71.9. The Hall–Kier alpha value is -3.51. The van der Waals surface area contributed by atoms with Crippen molar-refractivity contribution in [1.82, 2.24) is 28.3 Å². The van der Waals surface area contributed by atoms with Gasteiger partial charge >= 0.3 is 0 Å². The number of anilines is 1. The first-order chi connectivity index (χ1) is 22.1. The number of imidazole rings is 2. The molecule has 17 heteroatoms. The van der Waals surface area contributed by atoms with Gasteiger partial charge in [0.15, 0.2) is 10.1 Å². The molecule has 0 fully saturated rings. The maximum Gasteiger partial charge on any atom is 0.280 e. The van der Waals surface area contributed by atoms with Crippen LogP contribution in [-0.4, -0.2) is 108 Å². The van der Waals surface area contributed by atoms with Gasteiger partial charge in [0.1, 0.15) is 5.75 Å². The molecule has 15 nitrogen and oxygen atoms in total. The number of ether oxygens (including phenoxy) is 2. The summed E-state index contributed by atoms with van der Waals surface area (Å²) >= 11 is 0. The molecule has 1 aliphatic heterocycles. The summed E-state index contributed by atoms with van der Waals surface area (Å²) in [6.45, 7) is 5.56. The van der Waals surface area contributed by atoms with Gasteiger partial charge in [0.2, 0.25) is 0 Å². The Balaban J connectivity index is 1.67. The van der Waals surface area contributed by atoms with E-state index in [-0.39, 0.29) is 58.8 Å². The van der Waals surface area contributed by atoms with Crippen LogP contribution in [0.3, 0.4) is 0 Å². The molecule has 1 amide bonds. The minimum atomic E-state index is -4.05. The van der Waals surface area contributed by atoms with Crippen molar-refractivity contribution in [2.24, 2.45) is 20.0 Å². The number of aromatic nitrogens is 4. The van der Waals surface area contributed by atoms with Gasteiger partial charge in [0.05, 0.1) is 43.1 Å². The van der Waals surface area contributed by atoms with Gasteiger partial charge in [0.25, 0.3) is 26.0 Å². The summed E-state index contributed by atoms with van der Waals surface area (Å²) in [5, 5.41) is 9.92. The highest BCUT2D eigenvalue weighted by atomic mass is 32.2. The van der Waals surface area contributed by atoms with Crippen molar-refractivity contribution < 1.29 is 36.2 Å². The number of benzene rings is 1. The number of hydrogen-bond acceptors (Lipinski definition) is 10. The van der Waals surface area contributed by atoms with Crippen LogP contribution in [0.2, 0.25) is 0 Å². The third-order valence-electron chi connectivity index (χ3n) is 8.05. The first kappa shape index (κ1) is 36.3. The molecule has 3 heterocycles. The second-order valence-electron chi connectivity index (χ2n) is 12.2. The minimum Gasteiger partial charge on any atom is -0.490 e. The average molecular weight is 696 g/mol. The first-order valence-corrected chi connectivity index (χ1v) is 18.3. The number of carbonyl (C=O) groups excluding carboxylic acids is 1. The monoisotopic (exact) mass is 695 g/mol. The van der Waals surface area contributed by atoms with Crippen molar-refractivity contribution in [3.8, 4) is 5.75 Å². The second kappa shape index (κ2) is 15.1. The molecule has 0 spiro atoms. The standard InChI is InChI=1S/C30H45N7O8S2/c1-21-14-37(22(2)18-38)30(39)25-13-24(33-46(40,41)28-16-34(4)19-31-28)10-11-26(25)45-23(3)9-7-8-12-44-27(21)15-36(6)47(42,43)29-17-35(5)20-32-29/h10-11,13,16-17,19-23,27,33,38H,7-9,12,14-15,18H2,1-6H3/t21-,22+,23-,27-/m1/s1. The molecule has 1 aliphatic rings. The zero-order valence-corrected chi connectivity index (χ0v) is 29.2. The van der Waals surface area contributed by atoms with Gasteiger partial charge in [0, 0.05) is 64.8 Å². The fourth-order valence-electron chi connectivity index (χ4n) is 5.22. The zero-order chi connectivity index (χ0) is 34.5. The van der Waals surface area contributed by atoms with Crippen LogP contribution in [-0.2, 0) is 38.9 Å². The number of carbonyl (C=O) groups is 1. The van der Waals surface area contributed by atoms with E-state index in [1.54, 1.807) is 31.7 Å². The van der Waals surface area contributed by atoms with Crippen molar-refractivity contribution in [3.63, 3.8) is 0 Å². The van der Waals surface area contributed by atoms with Crippen LogP contribution in [0.5, 0.6) is 5.75 Å². The summed E-state index contributed by atoms with van der Waals surface area (Å²) in [6.07, 6.45) is 6.79. The zero-order valence-electron chi connectivity index (χ0n) is 27.6. The smallest absolute Gasteiger partial charge is 0.280 e. The highest BCUT2D eigenvalue weighted by molar-refractivity contribution is 7.92. The lowest BCUT2D eigenvalue weighted by Crippen LogP contribution is -2.48. The van der Waals surface area contributed by atoms with Crippen LogP contribution in [0.1, 0.15) is 50.4 Å². The van der Waals surface area contributed by atoms with E-state index < -0.39 is 38.1 Å². The number of aliphatic hydroxyl groups excluding tert-OH is 1. The normalized spacial score (nSPS) is 21.1. The molecular formula is C30H45N7O8S2. The average Bonchev–Trinajstić information content (AvgIpc) is 3.67. The molecule has 47 heavy (non-hydrogen) atoms. The third kappa shape index (κ3) is 8.90. The van der Waals surface area contributed by atoms with Crippen LogP contribution in [0, 0.1) is 5.92 Å². The molecule has 2 aromatic heterocycles. The molecule has 0 saturated carbocycles. The van der Waals surface area contributed by atoms with Crippen molar-refractivity contribution in [2.75, 3.05) is 38.1 Å². The van der Waals surface area contributed by atoms with E-state index >= 15 is 0 Å². The fourth-order valence-corrected chi connectivity index (χ4v) is 7.39. The topological polar surface area (TPSA) is 178 Å². The quantitative estimate of drug-likeness (QED) is 0.337. The molecule has 0 bridgehead atoms. The van der Waals surface area contributed by atoms with E-state index in [2.05, 4.69) is 14.7 Å². The highest BCUT2D eigenvalue weighted by Crippen LogP contribution is 2.29. The van der Waals surface area contributed by atoms with Crippen molar-refractivity contribution in [2.45, 2.75) is 68.3 Å². The highest BCUT2D eigenvalue weighted by Gasteiger charge is 2.33. The number of aryl methyl sites for hydroxylation is 2. The lowest BCUT2D eigenvalue weighted by atomic mass is 10.0. The van der Waals surface area contributed by atoms with E-state index in [0.29, 0.717) is 19.4 Å². The van der Waals surface area contributed by atoms with Gasteiger partial charge < -0.3 is 28.6 Å². The van der Waals surface area contributed by atoms with Crippen LogP contribution in [0.15, 0.2) is 53.3 Å². The Labute approximate surface area is 276 Å². The Morgan fingerprint density at radius 3 is 2.34 bits per heavy atom. The molecule has 1 aromatic carbocycles. The molecule has 4 atom stereocenters. The number of amides is 1. The molecule has 3 aromatic rings. The van der Waals surface area contributed by atoms with Crippen molar-refractivity contribution in [3.05, 3.63) is 48.8 Å². The fraction of sp³-hybridized carbons (Fsp3) is 0.567. The number of nitrogens with zero attached hydrogens (tertiary/aromatic N) is 6. The Morgan fingerprint density at radius 2 is 1.72 bits per heavy atom. The number of nitrogens with one attached hydrogen (secondary N) is 1. The molecule has 260 valence electrons. The van der Waals surface area contributed by atoms with Crippen molar-refractivity contribution in [1.29, 1.82) is 0 Å². The predicted octanol–water partition coefficient (Wildman–Crippen LogP) is 2.07. The summed E-state index contributed by atoms with van der Waals surface area (Å²) in [5.41, 5.74) is 0.238. The van der Waals surface area contributed by atoms with E-state index in [4.69, 9.17) is 9.47 Å². The van der Waals surface area contributed by atoms with Crippen LogP contribution in [0.4, 0.5) is 5.69 Å².